The molecule has 0 bridgehead atoms. The highest BCUT2D eigenvalue weighted by Gasteiger charge is 2.25. The lowest BCUT2D eigenvalue weighted by Gasteiger charge is -2.02. The van der Waals surface area contributed by atoms with Gasteiger partial charge in [0.1, 0.15) is 0 Å². The van der Waals surface area contributed by atoms with Crippen molar-refractivity contribution in [2.75, 3.05) is 6.54 Å². The maximum absolute atomic E-state index is 11.0. The van der Waals surface area contributed by atoms with Gasteiger partial charge in [-0.25, -0.2) is 4.79 Å². The number of Topliss-reactive ketones (excluding diaryl/α,β-unsaturated/α-hetero) is 1. The Bertz CT molecular complexity index is 249. The van der Waals surface area contributed by atoms with E-state index in [0.29, 0.717) is 19.4 Å². The summed E-state index contributed by atoms with van der Waals surface area (Å²) in [5.74, 6) is -2.49. The summed E-state index contributed by atoms with van der Waals surface area (Å²) in [6.45, 7) is 0.630. The van der Waals surface area contributed by atoms with Crippen LogP contribution in [0.25, 0.3) is 0 Å². The Morgan fingerprint density at radius 3 is 2.69 bits per heavy atom. The molecule has 0 aromatic carbocycles. The Morgan fingerprint density at radius 2 is 2.23 bits per heavy atom. The second-order valence-corrected chi connectivity index (χ2v) is 3.04. The normalized spacial score (nSPS) is 21.2. The van der Waals surface area contributed by atoms with Crippen molar-refractivity contribution in [3.8, 4) is 0 Å². The van der Waals surface area contributed by atoms with Crippen LogP contribution in [0.1, 0.15) is 19.3 Å². The van der Waals surface area contributed by atoms with E-state index in [0.717, 1.165) is 0 Å². The van der Waals surface area contributed by atoms with Crippen molar-refractivity contribution in [1.29, 1.82) is 0 Å². The fourth-order valence-electron chi connectivity index (χ4n) is 1.33. The third-order valence-corrected chi connectivity index (χ3v) is 2.12. The molecule has 1 atom stereocenters. The first-order chi connectivity index (χ1) is 6.11. The first-order valence-electron chi connectivity index (χ1n) is 4.15. The Balaban J connectivity index is 2.30. The largest absolute Gasteiger partial charge is 0.476 e. The Morgan fingerprint density at radius 1 is 1.54 bits per heavy atom. The third-order valence-electron chi connectivity index (χ3n) is 2.12. The zero-order chi connectivity index (χ0) is 9.84. The molecule has 0 aromatic heterocycles. The van der Waals surface area contributed by atoms with Crippen LogP contribution in [0, 0.1) is 5.92 Å². The van der Waals surface area contributed by atoms with Gasteiger partial charge in [0.05, 0.1) is 0 Å². The number of carboxylic acid groups (broad SMARTS) is 1. The molecular formula is C8H11NO4. The van der Waals surface area contributed by atoms with E-state index >= 15 is 0 Å². The SMILES string of the molecule is O=C(O)C(=O)CC[C@H]1CCNC1=O. The van der Waals surface area contributed by atoms with Gasteiger partial charge in [0.25, 0.3) is 0 Å². The molecule has 2 N–H and O–H groups in total. The van der Waals surface area contributed by atoms with Gasteiger partial charge in [-0.2, -0.15) is 0 Å². The highest BCUT2D eigenvalue weighted by atomic mass is 16.4. The number of nitrogens with one attached hydrogen (secondary N) is 1. The van der Waals surface area contributed by atoms with Gasteiger partial charge in [-0.05, 0) is 12.8 Å². The van der Waals surface area contributed by atoms with E-state index in [9.17, 15) is 14.4 Å². The molecule has 72 valence electrons. The number of carboxylic acids is 1. The quantitative estimate of drug-likeness (QED) is 0.581. The molecule has 5 heteroatoms. The van der Waals surface area contributed by atoms with Crippen LogP contribution in [0.3, 0.4) is 0 Å². The predicted molar refractivity (Wildman–Crippen MR) is 43.0 cm³/mol. The van der Waals surface area contributed by atoms with E-state index in [1.165, 1.54) is 0 Å². The summed E-state index contributed by atoms with van der Waals surface area (Å²) in [6, 6.07) is 0. The first kappa shape index (κ1) is 9.70. The van der Waals surface area contributed by atoms with E-state index in [1.54, 1.807) is 0 Å². The van der Waals surface area contributed by atoms with Gasteiger partial charge in [0, 0.05) is 18.9 Å². The van der Waals surface area contributed by atoms with Crippen LogP contribution in [0.2, 0.25) is 0 Å². The molecule has 1 amide bonds. The third kappa shape index (κ3) is 2.54. The van der Waals surface area contributed by atoms with Crippen LogP contribution in [-0.4, -0.2) is 29.3 Å². The Kier molecular flexibility index (Phi) is 3.00. The number of aliphatic carboxylic acids is 1. The van der Waals surface area contributed by atoms with Gasteiger partial charge in [0.2, 0.25) is 11.7 Å². The van der Waals surface area contributed by atoms with Crippen LogP contribution in [0.5, 0.6) is 0 Å². The van der Waals surface area contributed by atoms with Crippen molar-refractivity contribution in [3.05, 3.63) is 0 Å². The predicted octanol–water partition coefficient (Wildman–Crippen LogP) is -0.444. The Labute approximate surface area is 75.1 Å². The highest BCUT2D eigenvalue weighted by molar-refractivity contribution is 6.32. The van der Waals surface area contributed by atoms with Gasteiger partial charge < -0.3 is 10.4 Å². The zero-order valence-electron chi connectivity index (χ0n) is 7.08. The molecule has 1 rings (SSSR count). The fourth-order valence-corrected chi connectivity index (χ4v) is 1.33. The zero-order valence-corrected chi connectivity index (χ0v) is 7.08. The average Bonchev–Trinajstić information content (AvgIpc) is 2.47. The van der Waals surface area contributed by atoms with Crippen molar-refractivity contribution in [2.24, 2.45) is 5.92 Å². The summed E-state index contributed by atoms with van der Waals surface area (Å²) in [6.07, 6.45) is 0.996. The topological polar surface area (TPSA) is 83.5 Å². The lowest BCUT2D eigenvalue weighted by atomic mass is 10.0. The number of ketones is 1. The molecule has 0 aliphatic carbocycles. The van der Waals surface area contributed by atoms with Crippen LogP contribution in [-0.2, 0) is 14.4 Å². The van der Waals surface area contributed by atoms with Crippen LogP contribution < -0.4 is 5.32 Å². The highest BCUT2D eigenvalue weighted by Crippen LogP contribution is 2.15. The monoisotopic (exact) mass is 185 g/mol. The molecule has 0 unspecified atom stereocenters. The van der Waals surface area contributed by atoms with Gasteiger partial charge in [-0.1, -0.05) is 0 Å². The lowest BCUT2D eigenvalue weighted by molar-refractivity contribution is -0.149. The molecule has 0 aromatic rings. The van der Waals surface area contributed by atoms with Gasteiger partial charge in [0.15, 0.2) is 0 Å². The molecule has 0 saturated carbocycles. The number of hydrogen-bond donors (Lipinski definition) is 2. The smallest absolute Gasteiger partial charge is 0.372 e. The fraction of sp³-hybridized carbons (Fsp3) is 0.625. The van der Waals surface area contributed by atoms with Crippen LogP contribution in [0.4, 0.5) is 0 Å². The summed E-state index contributed by atoms with van der Waals surface area (Å²) in [5, 5.41) is 10.9. The van der Waals surface area contributed by atoms with E-state index in [2.05, 4.69) is 5.32 Å². The van der Waals surface area contributed by atoms with E-state index < -0.39 is 11.8 Å². The molecule has 5 nitrogen and oxygen atoms in total. The second-order valence-electron chi connectivity index (χ2n) is 3.04. The van der Waals surface area contributed by atoms with Gasteiger partial charge in [-0.15, -0.1) is 0 Å². The number of hydrogen-bond acceptors (Lipinski definition) is 3. The van der Waals surface area contributed by atoms with Crippen LogP contribution in [0.15, 0.2) is 0 Å². The van der Waals surface area contributed by atoms with Gasteiger partial charge in [-0.3, -0.25) is 9.59 Å². The summed E-state index contributed by atoms with van der Waals surface area (Å²) in [7, 11) is 0. The molecule has 13 heavy (non-hydrogen) atoms. The molecule has 1 heterocycles. The molecule has 1 aliphatic rings. The summed E-state index contributed by atoms with van der Waals surface area (Å²) >= 11 is 0. The van der Waals surface area contributed by atoms with Gasteiger partial charge >= 0.3 is 5.97 Å². The minimum Gasteiger partial charge on any atom is -0.476 e. The summed E-state index contributed by atoms with van der Waals surface area (Å²) in [5.41, 5.74) is 0. The molecule has 1 fully saturated rings. The standard InChI is InChI=1S/C8H11NO4/c10-6(8(12)13)2-1-5-3-4-9-7(5)11/h5H,1-4H2,(H,9,11)(H,12,13)/t5-/m0/s1. The molecular weight excluding hydrogens is 174 g/mol. The van der Waals surface area contributed by atoms with Crippen molar-refractivity contribution < 1.29 is 19.5 Å². The molecule has 1 saturated heterocycles. The average molecular weight is 185 g/mol. The Hall–Kier alpha value is -1.39. The van der Waals surface area contributed by atoms with Crippen molar-refractivity contribution in [1.82, 2.24) is 5.32 Å². The van der Waals surface area contributed by atoms with E-state index in [1.807, 2.05) is 0 Å². The lowest BCUT2D eigenvalue weighted by Crippen LogP contribution is -2.20. The molecule has 0 radical (unpaired) electrons. The number of rotatable bonds is 4. The number of carbonyl (C=O) groups excluding carboxylic acids is 2. The minimum atomic E-state index is -1.42. The number of carbonyl (C=O) groups is 3. The first-order valence-corrected chi connectivity index (χ1v) is 4.15. The molecule has 1 aliphatic heterocycles. The minimum absolute atomic E-state index is 0.0482. The number of amides is 1. The van der Waals surface area contributed by atoms with Crippen LogP contribution >= 0.6 is 0 Å². The van der Waals surface area contributed by atoms with E-state index in [4.69, 9.17) is 5.11 Å². The van der Waals surface area contributed by atoms with Crippen molar-refractivity contribution in [2.45, 2.75) is 19.3 Å². The van der Waals surface area contributed by atoms with Crippen molar-refractivity contribution >= 4 is 17.7 Å². The van der Waals surface area contributed by atoms with Crippen molar-refractivity contribution in [3.63, 3.8) is 0 Å². The second kappa shape index (κ2) is 4.02. The summed E-state index contributed by atoms with van der Waals surface area (Å²) in [4.78, 5) is 31.8. The summed E-state index contributed by atoms with van der Waals surface area (Å²) < 4.78 is 0. The maximum atomic E-state index is 11.0. The van der Waals surface area contributed by atoms with E-state index in [-0.39, 0.29) is 18.2 Å². The molecule has 0 spiro atoms. The maximum Gasteiger partial charge on any atom is 0.372 e.